The lowest BCUT2D eigenvalue weighted by molar-refractivity contribution is -0.140. The molecular weight excluding hydrogens is 236 g/mol. The third-order valence-corrected chi connectivity index (χ3v) is 4.50. The molecule has 0 radical (unpaired) electrons. The van der Waals surface area contributed by atoms with Gasteiger partial charge in [-0.15, -0.1) is 0 Å². The van der Waals surface area contributed by atoms with Crippen LogP contribution >= 0.6 is 0 Å². The maximum absolute atomic E-state index is 12.8. The Balaban J connectivity index is 2.68. The Morgan fingerprint density at radius 2 is 2.00 bits per heavy atom. The molecule has 0 saturated carbocycles. The van der Waals surface area contributed by atoms with Gasteiger partial charge in [-0.1, -0.05) is 40.5 Å². The molecule has 112 valence electrons. The molecule has 1 saturated heterocycles. The Bertz CT molecular complexity index is 267. The van der Waals surface area contributed by atoms with Crippen LogP contribution in [0.1, 0.15) is 66.2 Å². The van der Waals surface area contributed by atoms with Crippen molar-refractivity contribution >= 4 is 5.91 Å². The number of carbonyl (C=O) groups is 1. The van der Waals surface area contributed by atoms with Crippen molar-refractivity contribution in [3.8, 4) is 0 Å². The number of amides is 1. The first-order chi connectivity index (χ1) is 9.17. The number of nitrogens with one attached hydrogen (secondary N) is 1. The highest BCUT2D eigenvalue weighted by atomic mass is 16.2. The minimum absolute atomic E-state index is 0.240. The molecule has 1 aliphatic rings. The van der Waals surface area contributed by atoms with E-state index in [9.17, 15) is 4.79 Å². The second-order valence-corrected chi connectivity index (χ2v) is 5.81. The van der Waals surface area contributed by atoms with Gasteiger partial charge in [0, 0.05) is 31.1 Å². The molecule has 1 rings (SSSR count). The summed E-state index contributed by atoms with van der Waals surface area (Å²) in [5.74, 6) is 0.646. The van der Waals surface area contributed by atoms with Gasteiger partial charge in [0.1, 0.15) is 0 Å². The molecule has 3 heteroatoms. The zero-order valence-corrected chi connectivity index (χ0v) is 13.2. The van der Waals surface area contributed by atoms with Gasteiger partial charge >= 0.3 is 0 Å². The van der Waals surface area contributed by atoms with Crippen LogP contribution in [0.2, 0.25) is 0 Å². The summed E-state index contributed by atoms with van der Waals surface area (Å²) in [6.07, 6.45) is 6.55. The van der Waals surface area contributed by atoms with Gasteiger partial charge in [0.25, 0.3) is 0 Å². The van der Waals surface area contributed by atoms with E-state index in [4.69, 9.17) is 0 Å². The lowest BCUT2D eigenvalue weighted by atomic mass is 9.95. The Morgan fingerprint density at radius 1 is 1.26 bits per heavy atom. The third kappa shape index (κ3) is 4.48. The fourth-order valence-corrected chi connectivity index (χ4v) is 2.96. The molecule has 19 heavy (non-hydrogen) atoms. The summed E-state index contributed by atoms with van der Waals surface area (Å²) in [6.45, 7) is 10.6. The standard InChI is InChI=1S/C16H32N2O/c1-5-9-10-13(6-2)16(19)18-12-14(7-3)17-11-15(18)8-4/h13-15,17H,5-12H2,1-4H3. The van der Waals surface area contributed by atoms with Crippen LogP contribution in [0.3, 0.4) is 0 Å². The van der Waals surface area contributed by atoms with Crippen molar-refractivity contribution in [1.82, 2.24) is 10.2 Å². The number of carbonyl (C=O) groups excluding carboxylic acids is 1. The fraction of sp³-hybridized carbons (Fsp3) is 0.938. The smallest absolute Gasteiger partial charge is 0.226 e. The molecule has 1 fully saturated rings. The van der Waals surface area contributed by atoms with Crippen molar-refractivity contribution in [2.75, 3.05) is 13.1 Å². The number of hydrogen-bond acceptors (Lipinski definition) is 2. The molecule has 1 aliphatic heterocycles. The molecule has 1 amide bonds. The second-order valence-electron chi connectivity index (χ2n) is 5.81. The Labute approximate surface area is 119 Å². The average molecular weight is 268 g/mol. The van der Waals surface area contributed by atoms with Gasteiger partial charge in [0.05, 0.1) is 0 Å². The lowest BCUT2D eigenvalue weighted by Gasteiger charge is -2.41. The fourth-order valence-electron chi connectivity index (χ4n) is 2.96. The van der Waals surface area contributed by atoms with Crippen molar-refractivity contribution < 1.29 is 4.79 Å². The SMILES string of the molecule is CCCCC(CC)C(=O)N1CC(CC)NCC1CC. The molecule has 3 nitrogen and oxygen atoms in total. The average Bonchev–Trinajstić information content (AvgIpc) is 2.47. The third-order valence-electron chi connectivity index (χ3n) is 4.50. The molecule has 0 aromatic rings. The van der Waals surface area contributed by atoms with Gasteiger partial charge in [0.15, 0.2) is 0 Å². The molecular formula is C16H32N2O. The summed E-state index contributed by atoms with van der Waals surface area (Å²) in [5.41, 5.74) is 0. The Morgan fingerprint density at radius 3 is 2.53 bits per heavy atom. The summed E-state index contributed by atoms with van der Waals surface area (Å²) >= 11 is 0. The summed E-state index contributed by atoms with van der Waals surface area (Å²) < 4.78 is 0. The summed E-state index contributed by atoms with van der Waals surface area (Å²) in [6, 6.07) is 0.876. The Kier molecular flexibility index (Phi) is 7.44. The van der Waals surface area contributed by atoms with Gasteiger partial charge in [0.2, 0.25) is 5.91 Å². The first-order valence-electron chi connectivity index (χ1n) is 8.21. The minimum atomic E-state index is 0.240. The van der Waals surface area contributed by atoms with E-state index in [-0.39, 0.29) is 5.92 Å². The van der Waals surface area contributed by atoms with Gasteiger partial charge in [-0.25, -0.2) is 0 Å². The van der Waals surface area contributed by atoms with Crippen LogP contribution in [0, 0.1) is 5.92 Å². The maximum Gasteiger partial charge on any atom is 0.226 e. The van der Waals surface area contributed by atoms with Crippen molar-refractivity contribution in [3.05, 3.63) is 0 Å². The van der Waals surface area contributed by atoms with Gasteiger partial charge in [-0.2, -0.15) is 0 Å². The molecule has 0 aliphatic carbocycles. The topological polar surface area (TPSA) is 32.3 Å². The monoisotopic (exact) mass is 268 g/mol. The summed E-state index contributed by atoms with van der Waals surface area (Å²) in [4.78, 5) is 14.9. The van der Waals surface area contributed by atoms with Crippen molar-refractivity contribution in [2.24, 2.45) is 5.92 Å². The molecule has 1 N–H and O–H groups in total. The number of hydrogen-bond donors (Lipinski definition) is 1. The van der Waals surface area contributed by atoms with Gasteiger partial charge in [-0.3, -0.25) is 4.79 Å². The Hall–Kier alpha value is -0.570. The predicted molar refractivity (Wildman–Crippen MR) is 81.2 cm³/mol. The molecule has 0 bridgehead atoms. The molecule has 3 unspecified atom stereocenters. The zero-order valence-electron chi connectivity index (χ0n) is 13.2. The highest BCUT2D eigenvalue weighted by Crippen LogP contribution is 2.21. The van der Waals surface area contributed by atoms with Gasteiger partial charge < -0.3 is 10.2 Å². The summed E-state index contributed by atoms with van der Waals surface area (Å²) in [5, 5.41) is 3.56. The van der Waals surface area contributed by atoms with Crippen LogP contribution in [0.4, 0.5) is 0 Å². The zero-order chi connectivity index (χ0) is 14.3. The van der Waals surface area contributed by atoms with Crippen LogP contribution in [0.5, 0.6) is 0 Å². The molecule has 0 spiro atoms. The van der Waals surface area contributed by atoms with Gasteiger partial charge in [-0.05, 0) is 25.7 Å². The first kappa shape index (κ1) is 16.5. The molecule has 0 aromatic heterocycles. The highest BCUT2D eigenvalue weighted by molar-refractivity contribution is 5.79. The largest absolute Gasteiger partial charge is 0.337 e. The van der Waals surface area contributed by atoms with Crippen LogP contribution in [0.15, 0.2) is 0 Å². The normalized spacial score (nSPS) is 25.4. The van der Waals surface area contributed by atoms with E-state index in [1.165, 1.54) is 12.8 Å². The van der Waals surface area contributed by atoms with Crippen LogP contribution in [-0.4, -0.2) is 36.0 Å². The van der Waals surface area contributed by atoms with E-state index in [0.717, 1.165) is 38.8 Å². The summed E-state index contributed by atoms with van der Waals surface area (Å²) in [7, 11) is 0. The number of rotatable bonds is 7. The van der Waals surface area contributed by atoms with Crippen molar-refractivity contribution in [3.63, 3.8) is 0 Å². The van der Waals surface area contributed by atoms with Crippen LogP contribution < -0.4 is 5.32 Å². The van der Waals surface area contributed by atoms with E-state index in [1.807, 2.05) is 0 Å². The van der Waals surface area contributed by atoms with E-state index >= 15 is 0 Å². The molecule has 3 atom stereocenters. The number of nitrogens with zero attached hydrogens (tertiary/aromatic N) is 1. The first-order valence-corrected chi connectivity index (χ1v) is 8.21. The quantitative estimate of drug-likeness (QED) is 0.769. The number of unbranched alkanes of at least 4 members (excludes halogenated alkanes) is 1. The van der Waals surface area contributed by atoms with Crippen LogP contribution in [0.25, 0.3) is 0 Å². The lowest BCUT2D eigenvalue weighted by Crippen LogP contribution is -2.59. The van der Waals surface area contributed by atoms with Crippen molar-refractivity contribution in [2.45, 2.75) is 78.3 Å². The second kappa shape index (κ2) is 8.57. The molecule has 1 heterocycles. The van der Waals surface area contributed by atoms with E-state index in [1.54, 1.807) is 0 Å². The number of piperazine rings is 1. The van der Waals surface area contributed by atoms with E-state index < -0.39 is 0 Å². The van der Waals surface area contributed by atoms with Crippen LogP contribution in [-0.2, 0) is 4.79 Å². The van der Waals surface area contributed by atoms with Crippen molar-refractivity contribution in [1.29, 1.82) is 0 Å². The van der Waals surface area contributed by atoms with E-state index in [0.29, 0.717) is 18.0 Å². The predicted octanol–water partition coefficient (Wildman–Crippen LogP) is 3.19. The highest BCUT2D eigenvalue weighted by Gasteiger charge is 2.32. The maximum atomic E-state index is 12.8. The van der Waals surface area contributed by atoms with E-state index in [2.05, 4.69) is 37.9 Å². The minimum Gasteiger partial charge on any atom is -0.337 e. The molecule has 0 aromatic carbocycles.